The highest BCUT2D eigenvalue weighted by atomic mass is 32.2. The largest absolute Gasteiger partial charge is 0.463 e. The normalized spacial score (nSPS) is 11.0. The lowest BCUT2D eigenvalue weighted by Gasteiger charge is -2.09. The van der Waals surface area contributed by atoms with E-state index in [9.17, 15) is 4.79 Å². The second-order valence-corrected chi connectivity index (χ2v) is 7.37. The molecule has 140 valence electrons. The zero-order valence-corrected chi connectivity index (χ0v) is 16.1. The van der Waals surface area contributed by atoms with E-state index in [0.29, 0.717) is 16.9 Å². The minimum absolute atomic E-state index is 0.112. The number of amides is 1. The average Bonchev–Trinajstić information content (AvgIpc) is 3.34. The van der Waals surface area contributed by atoms with Gasteiger partial charge in [-0.2, -0.15) is 10.1 Å². The molecule has 2 heterocycles. The van der Waals surface area contributed by atoms with Gasteiger partial charge >= 0.3 is 0 Å². The van der Waals surface area contributed by atoms with Crippen LogP contribution >= 0.6 is 23.5 Å². The first-order chi connectivity index (χ1) is 13.2. The molecule has 0 aliphatic rings. The van der Waals surface area contributed by atoms with Crippen LogP contribution in [-0.2, 0) is 4.79 Å². The molecule has 2 aromatic heterocycles. The lowest BCUT2D eigenvalue weighted by Crippen LogP contribution is -2.14. The molecule has 0 aliphatic heterocycles. The molecule has 0 atom stereocenters. The highest BCUT2D eigenvalue weighted by molar-refractivity contribution is 8.00. The summed E-state index contributed by atoms with van der Waals surface area (Å²) < 4.78 is 5.13. The standard InChI is InChI=1S/C17H18N6O2S2/c1-2-26-14-8-4-3-7-13(14)19-15(24)11-27-17-20-16(22-23-17)21-18-10-12-6-5-9-25-12/h3-10H,2,11H2,1H3,(H,19,24)(H2,20,21,22,23)/b18-10-. The first-order valence-corrected chi connectivity index (χ1v) is 10.1. The predicted octanol–water partition coefficient (Wildman–Crippen LogP) is 3.69. The van der Waals surface area contributed by atoms with Crippen molar-refractivity contribution in [2.24, 2.45) is 5.10 Å². The predicted molar refractivity (Wildman–Crippen MR) is 109 cm³/mol. The molecule has 3 N–H and O–H groups in total. The van der Waals surface area contributed by atoms with Gasteiger partial charge in [0.05, 0.1) is 23.9 Å². The van der Waals surface area contributed by atoms with E-state index in [1.165, 1.54) is 18.0 Å². The van der Waals surface area contributed by atoms with Crippen molar-refractivity contribution < 1.29 is 9.21 Å². The van der Waals surface area contributed by atoms with Gasteiger partial charge in [0.15, 0.2) is 0 Å². The summed E-state index contributed by atoms with van der Waals surface area (Å²) in [6.07, 6.45) is 3.09. The number of anilines is 2. The molecule has 10 heteroatoms. The van der Waals surface area contributed by atoms with Gasteiger partial charge in [-0.05, 0) is 30.0 Å². The third-order valence-corrected chi connectivity index (χ3v) is 4.97. The number of nitrogens with one attached hydrogen (secondary N) is 3. The molecule has 0 saturated heterocycles. The monoisotopic (exact) mass is 402 g/mol. The molecule has 0 spiro atoms. The number of para-hydroxylation sites is 1. The molecule has 1 aromatic carbocycles. The topological polar surface area (TPSA) is 108 Å². The van der Waals surface area contributed by atoms with Crippen LogP contribution in [0.4, 0.5) is 11.6 Å². The summed E-state index contributed by atoms with van der Waals surface area (Å²) in [7, 11) is 0. The SMILES string of the molecule is CCSc1ccccc1NC(=O)CSc1n[nH]c(N/N=C\c2ccco2)n1. The number of hydrogen-bond donors (Lipinski definition) is 3. The van der Waals surface area contributed by atoms with Crippen LogP contribution in [0.25, 0.3) is 0 Å². The second-order valence-electron chi connectivity index (χ2n) is 5.12. The number of furan rings is 1. The summed E-state index contributed by atoms with van der Waals surface area (Å²) in [6, 6.07) is 11.3. The van der Waals surface area contributed by atoms with Gasteiger partial charge in [0, 0.05) is 4.90 Å². The van der Waals surface area contributed by atoms with E-state index in [2.05, 4.69) is 37.9 Å². The maximum Gasteiger partial charge on any atom is 0.240 e. The quantitative estimate of drug-likeness (QED) is 0.285. The minimum Gasteiger partial charge on any atom is -0.463 e. The molecule has 0 fully saturated rings. The number of H-pyrrole nitrogens is 1. The number of nitrogens with zero attached hydrogens (tertiary/aromatic N) is 3. The lowest BCUT2D eigenvalue weighted by atomic mass is 10.3. The fourth-order valence-electron chi connectivity index (χ4n) is 2.05. The van der Waals surface area contributed by atoms with Crippen molar-refractivity contribution >= 4 is 47.3 Å². The molecule has 3 rings (SSSR count). The molecule has 0 saturated carbocycles. The first-order valence-electron chi connectivity index (χ1n) is 8.14. The van der Waals surface area contributed by atoms with Crippen LogP contribution in [0.5, 0.6) is 0 Å². The zero-order valence-electron chi connectivity index (χ0n) is 14.5. The van der Waals surface area contributed by atoms with Gasteiger partial charge in [0.2, 0.25) is 17.0 Å². The summed E-state index contributed by atoms with van der Waals surface area (Å²) in [5.41, 5.74) is 3.53. The maximum absolute atomic E-state index is 12.2. The Balaban J connectivity index is 1.47. The Hall–Kier alpha value is -2.72. The molecule has 0 radical (unpaired) electrons. The van der Waals surface area contributed by atoms with Crippen LogP contribution in [0.3, 0.4) is 0 Å². The fourth-order valence-corrected chi connectivity index (χ4v) is 3.41. The van der Waals surface area contributed by atoms with Crippen LogP contribution in [0, 0.1) is 0 Å². The number of benzene rings is 1. The van der Waals surface area contributed by atoms with E-state index in [-0.39, 0.29) is 11.7 Å². The summed E-state index contributed by atoms with van der Waals surface area (Å²) in [4.78, 5) is 17.5. The van der Waals surface area contributed by atoms with Crippen LogP contribution in [0.15, 0.2) is 62.2 Å². The van der Waals surface area contributed by atoms with Crippen molar-refractivity contribution in [2.45, 2.75) is 17.0 Å². The minimum atomic E-state index is -0.112. The zero-order chi connectivity index (χ0) is 18.9. The Bertz CT molecular complexity index is 894. The van der Waals surface area contributed by atoms with Gasteiger partial charge in [-0.3, -0.25) is 4.79 Å². The van der Waals surface area contributed by atoms with E-state index < -0.39 is 0 Å². The Morgan fingerprint density at radius 3 is 3.00 bits per heavy atom. The summed E-state index contributed by atoms with van der Waals surface area (Å²) in [6.45, 7) is 2.08. The van der Waals surface area contributed by atoms with Gasteiger partial charge in [-0.1, -0.05) is 30.8 Å². The van der Waals surface area contributed by atoms with E-state index in [4.69, 9.17) is 4.42 Å². The van der Waals surface area contributed by atoms with Gasteiger partial charge in [0.1, 0.15) is 5.76 Å². The number of hydrogen-bond acceptors (Lipinski definition) is 8. The molecule has 8 nitrogen and oxygen atoms in total. The smallest absolute Gasteiger partial charge is 0.240 e. The summed E-state index contributed by atoms with van der Waals surface area (Å²) in [5.74, 6) is 2.04. The number of thioether (sulfide) groups is 2. The van der Waals surface area contributed by atoms with Crippen LogP contribution < -0.4 is 10.7 Å². The van der Waals surface area contributed by atoms with Crippen LogP contribution in [-0.4, -0.2) is 38.8 Å². The van der Waals surface area contributed by atoms with E-state index in [1.54, 1.807) is 30.2 Å². The highest BCUT2D eigenvalue weighted by Crippen LogP contribution is 2.26. The van der Waals surface area contributed by atoms with E-state index in [0.717, 1.165) is 16.3 Å². The number of aromatic nitrogens is 3. The summed E-state index contributed by atoms with van der Waals surface area (Å²) in [5, 5.41) is 14.1. The van der Waals surface area contributed by atoms with Crippen molar-refractivity contribution in [2.75, 3.05) is 22.2 Å². The molecular weight excluding hydrogens is 384 g/mol. The Morgan fingerprint density at radius 1 is 1.30 bits per heavy atom. The fraction of sp³-hybridized carbons (Fsp3) is 0.176. The molecule has 27 heavy (non-hydrogen) atoms. The average molecular weight is 403 g/mol. The van der Waals surface area contributed by atoms with E-state index >= 15 is 0 Å². The van der Waals surface area contributed by atoms with Gasteiger partial charge < -0.3 is 9.73 Å². The Morgan fingerprint density at radius 2 is 2.19 bits per heavy atom. The van der Waals surface area contributed by atoms with Crippen molar-refractivity contribution in [1.82, 2.24) is 15.2 Å². The number of aromatic amines is 1. The van der Waals surface area contributed by atoms with Crippen molar-refractivity contribution in [3.05, 3.63) is 48.4 Å². The highest BCUT2D eigenvalue weighted by Gasteiger charge is 2.10. The molecule has 0 unspecified atom stereocenters. The molecule has 3 aromatic rings. The Kier molecular flexibility index (Phi) is 6.94. The molecule has 1 amide bonds. The summed E-state index contributed by atoms with van der Waals surface area (Å²) >= 11 is 2.92. The molecule has 0 bridgehead atoms. The number of carbonyl (C=O) groups excluding carboxylic acids is 1. The molecular formula is C17H18N6O2S2. The number of hydrazone groups is 1. The lowest BCUT2D eigenvalue weighted by molar-refractivity contribution is -0.113. The van der Waals surface area contributed by atoms with Crippen LogP contribution in [0.2, 0.25) is 0 Å². The van der Waals surface area contributed by atoms with Gasteiger partial charge in [-0.15, -0.1) is 16.9 Å². The number of carbonyl (C=O) groups is 1. The second kappa shape index (κ2) is 9.83. The third-order valence-electron chi connectivity index (χ3n) is 3.16. The van der Waals surface area contributed by atoms with Crippen molar-refractivity contribution in [3.63, 3.8) is 0 Å². The van der Waals surface area contributed by atoms with Gasteiger partial charge in [-0.25, -0.2) is 10.5 Å². The first kappa shape index (κ1) is 19.1. The van der Waals surface area contributed by atoms with E-state index in [1.807, 2.05) is 24.3 Å². The molecule has 0 aliphatic carbocycles. The van der Waals surface area contributed by atoms with Crippen molar-refractivity contribution in [3.8, 4) is 0 Å². The van der Waals surface area contributed by atoms with Crippen LogP contribution in [0.1, 0.15) is 12.7 Å². The Labute approximate surface area is 164 Å². The third kappa shape index (κ3) is 5.90. The van der Waals surface area contributed by atoms with Crippen molar-refractivity contribution in [1.29, 1.82) is 0 Å². The number of rotatable bonds is 9. The van der Waals surface area contributed by atoms with Gasteiger partial charge in [0.25, 0.3) is 0 Å². The maximum atomic E-state index is 12.2.